The lowest BCUT2D eigenvalue weighted by atomic mass is 9.88. The van der Waals surface area contributed by atoms with Crippen molar-refractivity contribution in [3.8, 4) is 0 Å². The van der Waals surface area contributed by atoms with Crippen LogP contribution in [-0.4, -0.2) is 27.8 Å². The van der Waals surface area contributed by atoms with E-state index in [0.717, 1.165) is 29.1 Å². The molecule has 7 nitrogen and oxygen atoms in total. The fourth-order valence-corrected chi connectivity index (χ4v) is 5.82. The summed E-state index contributed by atoms with van der Waals surface area (Å²) in [5, 5.41) is 0. The first-order valence-corrected chi connectivity index (χ1v) is 12.0. The van der Waals surface area contributed by atoms with Gasteiger partial charge in [0.15, 0.2) is 0 Å². The van der Waals surface area contributed by atoms with Crippen LogP contribution in [0.4, 0.5) is 0 Å². The van der Waals surface area contributed by atoms with Crippen molar-refractivity contribution in [2.75, 3.05) is 0 Å². The number of hydrogen-bond donors (Lipinski definition) is 0. The molecule has 1 heterocycles. The zero-order valence-electron chi connectivity index (χ0n) is 17.8. The molecule has 0 bridgehead atoms. The third kappa shape index (κ3) is 3.92. The lowest BCUT2D eigenvalue weighted by Crippen LogP contribution is -2.40. The molecule has 1 fully saturated rings. The molecule has 0 aliphatic heterocycles. The maximum Gasteiger partial charge on any atom is 0.328 e. The molecule has 0 radical (unpaired) electrons. The molecular weight excluding hydrogens is 414 g/mol. The van der Waals surface area contributed by atoms with E-state index in [9.17, 15) is 18.0 Å². The highest BCUT2D eigenvalue weighted by Crippen LogP contribution is 2.30. The Hall–Kier alpha value is -2.87. The minimum absolute atomic E-state index is 0.00966. The Morgan fingerprint density at radius 3 is 2.29 bits per heavy atom. The Kier molecular flexibility index (Phi) is 5.75. The zero-order chi connectivity index (χ0) is 22.2. The molecule has 4 rings (SSSR count). The molecule has 0 atom stereocenters. The summed E-state index contributed by atoms with van der Waals surface area (Å²) in [5.41, 5.74) is 1.67. The standard InChI is InChI=1S/C23H27N3O4S/c1-24-20-14-13-19(15-21(20)25(2)23(24)28)31(29,30)26(16-17-9-5-3-6-10-17)22(27)18-11-7-4-8-12-18/h3,5-6,9-10,13-15,18H,4,7-8,11-12,16H2,1-2H3. The predicted octanol–water partition coefficient (Wildman–Crippen LogP) is 3.17. The number of aryl methyl sites for hydroxylation is 2. The van der Waals surface area contributed by atoms with Gasteiger partial charge in [0, 0.05) is 20.0 Å². The van der Waals surface area contributed by atoms with Crippen LogP contribution in [0.5, 0.6) is 0 Å². The number of nitrogens with zero attached hydrogens (tertiary/aromatic N) is 3. The number of carbonyl (C=O) groups is 1. The van der Waals surface area contributed by atoms with Crippen molar-refractivity contribution in [2.24, 2.45) is 20.0 Å². The van der Waals surface area contributed by atoms with Crippen molar-refractivity contribution in [1.82, 2.24) is 13.4 Å². The van der Waals surface area contributed by atoms with Crippen LogP contribution >= 0.6 is 0 Å². The number of sulfonamides is 1. The highest BCUT2D eigenvalue weighted by Gasteiger charge is 2.35. The number of imidazole rings is 1. The van der Waals surface area contributed by atoms with E-state index in [1.54, 1.807) is 20.2 Å². The van der Waals surface area contributed by atoms with Crippen LogP contribution < -0.4 is 5.69 Å². The van der Waals surface area contributed by atoms with Gasteiger partial charge in [-0.2, -0.15) is 0 Å². The van der Waals surface area contributed by atoms with Crippen LogP contribution in [0.2, 0.25) is 0 Å². The molecule has 1 aliphatic rings. The van der Waals surface area contributed by atoms with E-state index in [4.69, 9.17) is 0 Å². The van der Waals surface area contributed by atoms with E-state index in [1.165, 1.54) is 21.3 Å². The van der Waals surface area contributed by atoms with Gasteiger partial charge in [-0.15, -0.1) is 0 Å². The monoisotopic (exact) mass is 441 g/mol. The molecule has 0 unspecified atom stereocenters. The summed E-state index contributed by atoms with van der Waals surface area (Å²) in [7, 11) is -0.847. The van der Waals surface area contributed by atoms with E-state index in [-0.39, 0.29) is 29.0 Å². The number of amides is 1. The second-order valence-electron chi connectivity index (χ2n) is 8.22. The molecule has 8 heteroatoms. The number of aromatic nitrogens is 2. The summed E-state index contributed by atoms with van der Waals surface area (Å²) in [6.07, 6.45) is 4.38. The quantitative estimate of drug-likeness (QED) is 0.609. The van der Waals surface area contributed by atoms with E-state index in [0.29, 0.717) is 23.9 Å². The molecule has 0 spiro atoms. The fraction of sp³-hybridized carbons (Fsp3) is 0.391. The SMILES string of the molecule is Cn1c(=O)n(C)c2cc(S(=O)(=O)N(Cc3ccccc3)C(=O)C3CCCCC3)ccc21. The van der Waals surface area contributed by atoms with Crippen molar-refractivity contribution in [3.05, 3.63) is 64.6 Å². The van der Waals surface area contributed by atoms with E-state index in [2.05, 4.69) is 0 Å². The Morgan fingerprint density at radius 2 is 1.61 bits per heavy atom. The second-order valence-corrected chi connectivity index (χ2v) is 10.1. The Morgan fingerprint density at radius 1 is 0.968 bits per heavy atom. The van der Waals surface area contributed by atoms with Crippen LogP contribution in [0.1, 0.15) is 37.7 Å². The van der Waals surface area contributed by atoms with Gasteiger partial charge in [0.1, 0.15) is 0 Å². The number of fused-ring (bicyclic) bond motifs is 1. The molecule has 0 saturated heterocycles. The van der Waals surface area contributed by atoms with Crippen molar-refractivity contribution >= 4 is 27.0 Å². The zero-order valence-corrected chi connectivity index (χ0v) is 18.6. The third-order valence-electron chi connectivity index (χ3n) is 6.20. The molecule has 1 amide bonds. The molecule has 3 aromatic rings. The summed E-state index contributed by atoms with van der Waals surface area (Å²) in [6.45, 7) is -0.00966. The second kappa shape index (κ2) is 8.34. The van der Waals surface area contributed by atoms with Gasteiger partial charge >= 0.3 is 5.69 Å². The maximum atomic E-state index is 13.7. The molecule has 164 valence electrons. The van der Waals surface area contributed by atoms with Crippen molar-refractivity contribution in [3.63, 3.8) is 0 Å². The number of hydrogen-bond acceptors (Lipinski definition) is 4. The normalized spacial score (nSPS) is 15.3. The topological polar surface area (TPSA) is 81.4 Å². The van der Waals surface area contributed by atoms with Gasteiger partial charge in [-0.1, -0.05) is 49.6 Å². The van der Waals surface area contributed by atoms with Gasteiger partial charge in [0.05, 0.1) is 22.5 Å². The van der Waals surface area contributed by atoms with E-state index in [1.807, 2.05) is 30.3 Å². The van der Waals surface area contributed by atoms with Crippen molar-refractivity contribution < 1.29 is 13.2 Å². The Balaban J connectivity index is 1.78. The van der Waals surface area contributed by atoms with Crippen LogP contribution in [0.3, 0.4) is 0 Å². The molecule has 1 aromatic heterocycles. The lowest BCUT2D eigenvalue weighted by molar-refractivity contribution is -0.132. The highest BCUT2D eigenvalue weighted by molar-refractivity contribution is 7.89. The van der Waals surface area contributed by atoms with Crippen LogP contribution in [0.25, 0.3) is 11.0 Å². The first-order chi connectivity index (χ1) is 14.8. The van der Waals surface area contributed by atoms with Gasteiger partial charge in [-0.3, -0.25) is 13.9 Å². The molecule has 1 saturated carbocycles. The lowest BCUT2D eigenvalue weighted by Gasteiger charge is -2.29. The average molecular weight is 442 g/mol. The summed E-state index contributed by atoms with van der Waals surface area (Å²) in [6, 6.07) is 13.7. The number of benzene rings is 2. The number of rotatable bonds is 5. The van der Waals surface area contributed by atoms with E-state index >= 15 is 0 Å². The first-order valence-electron chi connectivity index (χ1n) is 10.6. The molecule has 31 heavy (non-hydrogen) atoms. The van der Waals surface area contributed by atoms with Gasteiger partial charge in [-0.25, -0.2) is 17.5 Å². The highest BCUT2D eigenvalue weighted by atomic mass is 32.2. The molecule has 1 aliphatic carbocycles. The van der Waals surface area contributed by atoms with Crippen LogP contribution in [0, 0.1) is 5.92 Å². The fourth-order valence-electron chi connectivity index (χ4n) is 4.36. The maximum absolute atomic E-state index is 13.7. The van der Waals surface area contributed by atoms with Crippen LogP contribution in [-0.2, 0) is 35.5 Å². The van der Waals surface area contributed by atoms with Crippen molar-refractivity contribution in [1.29, 1.82) is 0 Å². The molecule has 0 N–H and O–H groups in total. The molecular formula is C23H27N3O4S. The largest absolute Gasteiger partial charge is 0.328 e. The van der Waals surface area contributed by atoms with Gasteiger partial charge in [0.2, 0.25) is 5.91 Å². The summed E-state index contributed by atoms with van der Waals surface area (Å²) in [5.74, 6) is -0.623. The smallest absolute Gasteiger partial charge is 0.295 e. The first kappa shape index (κ1) is 21.4. The summed E-state index contributed by atoms with van der Waals surface area (Å²) < 4.78 is 31.3. The van der Waals surface area contributed by atoms with Gasteiger partial charge in [-0.05, 0) is 36.6 Å². The minimum atomic E-state index is -4.10. The summed E-state index contributed by atoms with van der Waals surface area (Å²) in [4.78, 5) is 25.7. The van der Waals surface area contributed by atoms with Crippen molar-refractivity contribution in [2.45, 2.75) is 43.5 Å². The van der Waals surface area contributed by atoms with Gasteiger partial charge in [0.25, 0.3) is 10.0 Å². The van der Waals surface area contributed by atoms with E-state index < -0.39 is 10.0 Å². The third-order valence-corrected chi connectivity index (χ3v) is 7.94. The van der Waals surface area contributed by atoms with Crippen LogP contribution in [0.15, 0.2) is 58.2 Å². The Labute approximate surface area is 182 Å². The minimum Gasteiger partial charge on any atom is -0.295 e. The number of carbonyl (C=O) groups excluding carboxylic acids is 1. The predicted molar refractivity (Wildman–Crippen MR) is 119 cm³/mol. The summed E-state index contributed by atoms with van der Waals surface area (Å²) >= 11 is 0. The Bertz CT molecular complexity index is 1270. The average Bonchev–Trinajstić information content (AvgIpc) is 3.02. The van der Waals surface area contributed by atoms with Gasteiger partial charge < -0.3 is 0 Å². The molecule has 2 aromatic carbocycles.